The Balaban J connectivity index is 1.43. The lowest BCUT2D eigenvalue weighted by Gasteiger charge is -2.35. The number of thiazole rings is 1. The van der Waals surface area contributed by atoms with Gasteiger partial charge in [-0.25, -0.2) is 9.78 Å². The fourth-order valence-corrected chi connectivity index (χ4v) is 5.81. The van der Waals surface area contributed by atoms with Gasteiger partial charge in [-0.1, -0.05) is 18.2 Å². The number of anilines is 1. The van der Waals surface area contributed by atoms with E-state index in [2.05, 4.69) is 6.07 Å². The molecule has 1 aromatic heterocycles. The van der Waals surface area contributed by atoms with Gasteiger partial charge in [-0.2, -0.15) is 0 Å². The van der Waals surface area contributed by atoms with E-state index in [0.29, 0.717) is 36.0 Å². The van der Waals surface area contributed by atoms with Crippen LogP contribution in [0.15, 0.2) is 48.2 Å². The van der Waals surface area contributed by atoms with E-state index in [9.17, 15) is 9.59 Å². The quantitative estimate of drug-likeness (QED) is 0.242. The van der Waals surface area contributed by atoms with Crippen LogP contribution in [0.1, 0.15) is 61.5 Å². The summed E-state index contributed by atoms with van der Waals surface area (Å²) in [6.07, 6.45) is 3.00. The molecular formula is C29H32N4O4S. The number of rotatable bonds is 4. The van der Waals surface area contributed by atoms with Gasteiger partial charge in [0.05, 0.1) is 21.6 Å². The smallest absolute Gasteiger partial charge is 0.410 e. The van der Waals surface area contributed by atoms with Crippen molar-refractivity contribution in [2.45, 2.75) is 58.7 Å². The first-order valence-electron chi connectivity index (χ1n) is 12.8. The number of nitrogens with zero attached hydrogens (tertiary/aromatic N) is 3. The van der Waals surface area contributed by atoms with E-state index in [1.165, 1.54) is 11.3 Å². The average molecular weight is 533 g/mol. The van der Waals surface area contributed by atoms with Crippen LogP contribution >= 0.6 is 11.3 Å². The van der Waals surface area contributed by atoms with Crippen LogP contribution in [0.4, 0.5) is 10.5 Å². The standard InChI is InChI=1S/C29H32N4O4S/c1-18(30)33-23-8-6-5-7-21(23)27(34)24(33)16-26-31-22-10-9-19(15-25(22)38-26)17-32(20-11-13-36-14-12-20)28(35)37-29(2,3)4/h5-10,15-16,20,30H,11-14,17H2,1-4H3/b24-16+,30-18?. The lowest BCUT2D eigenvalue weighted by Crippen LogP contribution is -2.45. The van der Waals surface area contributed by atoms with Crippen molar-refractivity contribution in [1.82, 2.24) is 9.88 Å². The Bertz CT molecular complexity index is 1430. The third-order valence-electron chi connectivity index (χ3n) is 6.54. The molecule has 1 fully saturated rings. The van der Waals surface area contributed by atoms with Crippen molar-refractivity contribution < 1.29 is 19.1 Å². The fraction of sp³-hybridized carbons (Fsp3) is 0.379. The van der Waals surface area contributed by atoms with Crippen LogP contribution in [0.25, 0.3) is 16.3 Å². The number of hydrogen-bond donors (Lipinski definition) is 1. The van der Waals surface area contributed by atoms with Crippen molar-refractivity contribution in [3.8, 4) is 0 Å². The second-order valence-electron chi connectivity index (χ2n) is 10.6. The van der Waals surface area contributed by atoms with Gasteiger partial charge < -0.3 is 14.4 Å². The maximum atomic E-state index is 13.1. The molecule has 2 aromatic carbocycles. The normalized spacial score (nSPS) is 17.2. The number of amides is 1. The summed E-state index contributed by atoms with van der Waals surface area (Å²) < 4.78 is 12.2. The molecule has 8 nitrogen and oxygen atoms in total. The van der Waals surface area contributed by atoms with Crippen molar-refractivity contribution in [1.29, 1.82) is 5.41 Å². The van der Waals surface area contributed by atoms with E-state index in [1.807, 2.05) is 56.0 Å². The van der Waals surface area contributed by atoms with Crippen LogP contribution in [0.5, 0.6) is 0 Å². The van der Waals surface area contributed by atoms with Crippen LogP contribution in [0.2, 0.25) is 0 Å². The summed E-state index contributed by atoms with van der Waals surface area (Å²) in [7, 11) is 0. The SMILES string of the molecule is CC(=N)N1/C(=C/c2nc3ccc(CN(C(=O)OC(C)(C)C)C4CCOCC4)cc3s2)C(=O)c2ccccc21. The number of aromatic nitrogens is 1. The number of ketones is 1. The first-order chi connectivity index (χ1) is 18.1. The highest BCUT2D eigenvalue weighted by Crippen LogP contribution is 2.36. The molecule has 0 saturated carbocycles. The fourth-order valence-electron chi connectivity index (χ4n) is 4.84. The van der Waals surface area contributed by atoms with Crippen LogP contribution in [0, 0.1) is 5.41 Å². The Hall–Kier alpha value is -3.56. The summed E-state index contributed by atoms with van der Waals surface area (Å²) in [5.74, 6) is 0.157. The minimum atomic E-state index is -0.579. The molecule has 0 atom stereocenters. The molecule has 0 bridgehead atoms. The molecule has 0 aliphatic carbocycles. The zero-order chi connectivity index (χ0) is 27.0. The van der Waals surface area contributed by atoms with Gasteiger partial charge in [-0.05, 0) is 70.4 Å². The van der Waals surface area contributed by atoms with Crippen LogP contribution in [-0.2, 0) is 16.0 Å². The number of ether oxygens (including phenoxy) is 2. The van der Waals surface area contributed by atoms with Crippen molar-refractivity contribution in [2.75, 3.05) is 18.1 Å². The predicted octanol–water partition coefficient (Wildman–Crippen LogP) is 6.25. The number of Topliss-reactive ketones (excluding diaryl/α,β-unsaturated/α-hetero) is 1. The van der Waals surface area contributed by atoms with Gasteiger partial charge in [0.15, 0.2) is 0 Å². The highest BCUT2D eigenvalue weighted by molar-refractivity contribution is 7.19. The number of benzene rings is 2. The van der Waals surface area contributed by atoms with Gasteiger partial charge in [-0.15, -0.1) is 11.3 Å². The van der Waals surface area contributed by atoms with Crippen molar-refractivity contribution in [3.63, 3.8) is 0 Å². The van der Waals surface area contributed by atoms with Crippen LogP contribution < -0.4 is 4.90 Å². The van der Waals surface area contributed by atoms with Crippen molar-refractivity contribution >= 4 is 51.0 Å². The van der Waals surface area contributed by atoms with Crippen molar-refractivity contribution in [2.24, 2.45) is 0 Å². The molecule has 1 amide bonds. The van der Waals surface area contributed by atoms with E-state index >= 15 is 0 Å². The Morgan fingerprint density at radius 2 is 1.97 bits per heavy atom. The summed E-state index contributed by atoms with van der Waals surface area (Å²) >= 11 is 1.48. The summed E-state index contributed by atoms with van der Waals surface area (Å²) in [4.78, 5) is 34.5. The van der Waals surface area contributed by atoms with E-state index < -0.39 is 5.60 Å². The summed E-state index contributed by atoms with van der Waals surface area (Å²) in [6.45, 7) is 8.99. The van der Waals surface area contributed by atoms with E-state index in [4.69, 9.17) is 19.9 Å². The largest absolute Gasteiger partial charge is 0.444 e. The summed E-state index contributed by atoms with van der Waals surface area (Å²) in [6, 6.07) is 13.4. The number of amidine groups is 1. The molecule has 2 aliphatic heterocycles. The maximum absolute atomic E-state index is 13.1. The number of hydrogen-bond acceptors (Lipinski definition) is 7. The number of carbonyl (C=O) groups excluding carboxylic acids is 2. The van der Waals surface area contributed by atoms with Crippen LogP contribution in [0.3, 0.4) is 0 Å². The van der Waals surface area contributed by atoms with E-state index in [0.717, 1.165) is 34.3 Å². The van der Waals surface area contributed by atoms with Gasteiger partial charge in [0.2, 0.25) is 5.78 Å². The minimum absolute atomic E-state index is 0.0569. The molecule has 2 aliphatic rings. The number of fused-ring (bicyclic) bond motifs is 2. The second-order valence-corrected chi connectivity index (χ2v) is 11.7. The molecule has 38 heavy (non-hydrogen) atoms. The maximum Gasteiger partial charge on any atom is 0.410 e. The number of para-hydroxylation sites is 1. The lowest BCUT2D eigenvalue weighted by molar-refractivity contribution is -0.00808. The van der Waals surface area contributed by atoms with Crippen molar-refractivity contribution in [3.05, 3.63) is 64.3 Å². The predicted molar refractivity (Wildman–Crippen MR) is 150 cm³/mol. The van der Waals surface area contributed by atoms with Crippen LogP contribution in [-0.4, -0.2) is 52.5 Å². The summed E-state index contributed by atoms with van der Waals surface area (Å²) in [5.41, 5.74) is 2.96. The number of nitrogens with one attached hydrogen (secondary N) is 1. The Morgan fingerprint density at radius 3 is 2.68 bits per heavy atom. The zero-order valence-electron chi connectivity index (χ0n) is 22.1. The molecule has 5 rings (SSSR count). The molecule has 3 heterocycles. The first-order valence-corrected chi connectivity index (χ1v) is 13.6. The van der Waals surface area contributed by atoms with Gasteiger partial charge in [-0.3, -0.25) is 15.1 Å². The third kappa shape index (κ3) is 5.35. The number of allylic oxidation sites excluding steroid dienone is 1. The molecule has 1 N–H and O–H groups in total. The highest BCUT2D eigenvalue weighted by atomic mass is 32.1. The highest BCUT2D eigenvalue weighted by Gasteiger charge is 2.33. The third-order valence-corrected chi connectivity index (χ3v) is 7.51. The molecular weight excluding hydrogens is 500 g/mol. The lowest BCUT2D eigenvalue weighted by atomic mass is 10.1. The van der Waals surface area contributed by atoms with Gasteiger partial charge in [0.1, 0.15) is 16.4 Å². The van der Waals surface area contributed by atoms with Gasteiger partial charge in [0.25, 0.3) is 0 Å². The monoisotopic (exact) mass is 532 g/mol. The molecule has 0 radical (unpaired) electrons. The van der Waals surface area contributed by atoms with E-state index in [-0.39, 0.29) is 23.8 Å². The first kappa shape index (κ1) is 26.1. The Kier molecular flexibility index (Phi) is 7.07. The number of carbonyl (C=O) groups is 2. The molecule has 0 spiro atoms. The minimum Gasteiger partial charge on any atom is -0.444 e. The average Bonchev–Trinajstić information content (AvgIpc) is 3.40. The Labute approximate surface area is 226 Å². The molecule has 0 unspecified atom stereocenters. The molecule has 1 saturated heterocycles. The Morgan fingerprint density at radius 1 is 1.24 bits per heavy atom. The van der Waals surface area contributed by atoms with Gasteiger partial charge in [0, 0.05) is 37.4 Å². The molecule has 9 heteroatoms. The van der Waals surface area contributed by atoms with E-state index in [1.54, 1.807) is 24.0 Å². The molecule has 198 valence electrons. The second kappa shape index (κ2) is 10.3. The topological polar surface area (TPSA) is 95.8 Å². The molecule has 3 aromatic rings. The zero-order valence-corrected chi connectivity index (χ0v) is 22.9. The summed E-state index contributed by atoms with van der Waals surface area (Å²) in [5, 5.41) is 8.94. The van der Waals surface area contributed by atoms with Gasteiger partial charge >= 0.3 is 6.09 Å².